The van der Waals surface area contributed by atoms with Gasteiger partial charge in [-0.2, -0.15) is 13.1 Å². The van der Waals surface area contributed by atoms with Crippen LogP contribution in [0.25, 0.3) is 0 Å². The van der Waals surface area contributed by atoms with Crippen molar-refractivity contribution in [2.45, 2.75) is 52.6 Å². The second kappa shape index (κ2) is 5.65. The Morgan fingerprint density at radius 3 is 2.59 bits per heavy atom. The summed E-state index contributed by atoms with van der Waals surface area (Å²) in [5.74, 6) is 0. The molecule has 0 aliphatic carbocycles. The average molecular weight is 263 g/mol. The number of piperidine rings is 1. The molecular formula is C11H25N3O2S. The SMILES string of the molecule is CC(C)NS(=O)(=O)NCC1NCCCC1(C)C. The van der Waals surface area contributed by atoms with Crippen LogP contribution in [0, 0.1) is 5.41 Å². The van der Waals surface area contributed by atoms with Crippen molar-refractivity contribution in [1.29, 1.82) is 0 Å². The maximum Gasteiger partial charge on any atom is 0.277 e. The van der Waals surface area contributed by atoms with Crippen LogP contribution in [0.1, 0.15) is 40.5 Å². The smallest absolute Gasteiger partial charge is 0.277 e. The van der Waals surface area contributed by atoms with Crippen LogP contribution < -0.4 is 14.8 Å². The highest BCUT2D eigenvalue weighted by molar-refractivity contribution is 7.87. The fourth-order valence-electron chi connectivity index (χ4n) is 2.16. The molecule has 0 aromatic carbocycles. The Bertz CT molecular complexity index is 339. The van der Waals surface area contributed by atoms with Crippen LogP contribution in [0.3, 0.4) is 0 Å². The third-order valence-corrected chi connectivity index (χ3v) is 4.53. The first-order valence-electron chi connectivity index (χ1n) is 6.23. The van der Waals surface area contributed by atoms with E-state index in [2.05, 4.69) is 28.6 Å². The van der Waals surface area contributed by atoms with Gasteiger partial charge in [0.05, 0.1) is 0 Å². The van der Waals surface area contributed by atoms with Gasteiger partial charge in [-0.25, -0.2) is 4.72 Å². The lowest BCUT2D eigenvalue weighted by Gasteiger charge is -2.39. The van der Waals surface area contributed by atoms with Crippen LogP contribution in [0.4, 0.5) is 0 Å². The summed E-state index contributed by atoms with van der Waals surface area (Å²) in [6, 6.07) is 0.111. The molecule has 0 saturated carbocycles. The highest BCUT2D eigenvalue weighted by Crippen LogP contribution is 2.29. The Hall–Kier alpha value is -0.170. The second-order valence-corrected chi connectivity index (χ2v) is 7.25. The van der Waals surface area contributed by atoms with E-state index in [0.29, 0.717) is 6.54 Å². The molecule has 6 heteroatoms. The number of hydrogen-bond donors (Lipinski definition) is 3. The quantitative estimate of drug-likeness (QED) is 0.680. The van der Waals surface area contributed by atoms with Crippen molar-refractivity contribution in [3.8, 4) is 0 Å². The molecule has 1 aliphatic heterocycles. The summed E-state index contributed by atoms with van der Waals surface area (Å²) in [7, 11) is -3.37. The Balaban J connectivity index is 2.49. The van der Waals surface area contributed by atoms with E-state index in [1.807, 2.05) is 13.8 Å². The van der Waals surface area contributed by atoms with Gasteiger partial charge in [-0.3, -0.25) is 0 Å². The molecule has 17 heavy (non-hydrogen) atoms. The summed E-state index contributed by atoms with van der Waals surface area (Å²) in [5.41, 5.74) is 0.138. The first-order chi connectivity index (χ1) is 7.73. The van der Waals surface area contributed by atoms with Gasteiger partial charge >= 0.3 is 0 Å². The van der Waals surface area contributed by atoms with Gasteiger partial charge in [0.2, 0.25) is 0 Å². The van der Waals surface area contributed by atoms with Gasteiger partial charge in [0, 0.05) is 18.6 Å². The van der Waals surface area contributed by atoms with Gasteiger partial charge in [0.1, 0.15) is 0 Å². The minimum atomic E-state index is -3.37. The van der Waals surface area contributed by atoms with E-state index in [9.17, 15) is 8.42 Å². The van der Waals surface area contributed by atoms with Crippen LogP contribution in [0.5, 0.6) is 0 Å². The second-order valence-electron chi connectivity index (χ2n) is 5.72. The summed E-state index contributed by atoms with van der Waals surface area (Å²) in [4.78, 5) is 0. The van der Waals surface area contributed by atoms with E-state index in [1.54, 1.807) is 0 Å². The molecule has 1 rings (SSSR count). The van der Waals surface area contributed by atoms with E-state index in [0.717, 1.165) is 19.4 Å². The zero-order valence-electron chi connectivity index (χ0n) is 11.2. The molecule has 102 valence electrons. The molecule has 0 bridgehead atoms. The summed E-state index contributed by atoms with van der Waals surface area (Å²) < 4.78 is 28.4. The average Bonchev–Trinajstić information content (AvgIpc) is 2.13. The Kier molecular flexibility index (Phi) is 4.95. The molecule has 0 spiro atoms. The molecule has 1 aliphatic rings. The lowest BCUT2D eigenvalue weighted by Crippen LogP contribution is -2.54. The van der Waals surface area contributed by atoms with Crippen molar-refractivity contribution < 1.29 is 8.42 Å². The minimum absolute atomic E-state index is 0.0835. The highest BCUT2D eigenvalue weighted by atomic mass is 32.2. The lowest BCUT2D eigenvalue weighted by molar-refractivity contribution is 0.181. The normalized spacial score (nSPS) is 25.1. The number of hydrogen-bond acceptors (Lipinski definition) is 3. The molecule has 0 aromatic heterocycles. The number of rotatable bonds is 5. The van der Waals surface area contributed by atoms with E-state index in [1.165, 1.54) is 0 Å². The molecular weight excluding hydrogens is 238 g/mol. The predicted molar refractivity (Wildman–Crippen MR) is 70.0 cm³/mol. The van der Waals surface area contributed by atoms with E-state index < -0.39 is 10.2 Å². The fourth-order valence-corrected chi connectivity index (χ4v) is 3.25. The fraction of sp³-hybridized carbons (Fsp3) is 1.00. The first kappa shape index (κ1) is 14.9. The molecule has 1 unspecified atom stereocenters. The first-order valence-corrected chi connectivity index (χ1v) is 7.71. The zero-order chi connectivity index (χ0) is 13.1. The third kappa shape index (κ3) is 4.91. The Morgan fingerprint density at radius 2 is 2.06 bits per heavy atom. The van der Waals surface area contributed by atoms with Crippen molar-refractivity contribution in [3.63, 3.8) is 0 Å². The van der Waals surface area contributed by atoms with Crippen LogP contribution in [-0.4, -0.2) is 33.6 Å². The van der Waals surface area contributed by atoms with Crippen LogP contribution >= 0.6 is 0 Å². The Morgan fingerprint density at radius 1 is 1.41 bits per heavy atom. The monoisotopic (exact) mass is 263 g/mol. The van der Waals surface area contributed by atoms with Crippen LogP contribution in [0.15, 0.2) is 0 Å². The molecule has 0 aromatic rings. The highest BCUT2D eigenvalue weighted by Gasteiger charge is 2.32. The van der Waals surface area contributed by atoms with Gasteiger partial charge in [-0.05, 0) is 38.6 Å². The summed E-state index contributed by atoms with van der Waals surface area (Å²) in [5, 5.41) is 3.38. The predicted octanol–water partition coefficient (Wildman–Crippen LogP) is 0.597. The summed E-state index contributed by atoms with van der Waals surface area (Å²) in [6.07, 6.45) is 2.28. The summed E-state index contributed by atoms with van der Waals surface area (Å²) in [6.45, 7) is 9.37. The maximum absolute atomic E-state index is 11.6. The van der Waals surface area contributed by atoms with Gasteiger partial charge in [0.15, 0.2) is 0 Å². The third-order valence-electron chi connectivity index (χ3n) is 3.20. The number of nitrogens with one attached hydrogen (secondary N) is 3. The topological polar surface area (TPSA) is 70.2 Å². The maximum atomic E-state index is 11.6. The van der Waals surface area contributed by atoms with Gasteiger partial charge in [-0.1, -0.05) is 13.8 Å². The largest absolute Gasteiger partial charge is 0.312 e. The summed E-state index contributed by atoms with van der Waals surface area (Å²) >= 11 is 0. The molecule has 1 fully saturated rings. The molecule has 0 radical (unpaired) electrons. The van der Waals surface area contributed by atoms with Gasteiger partial charge in [-0.15, -0.1) is 0 Å². The standard InChI is InChI=1S/C11H25N3O2S/c1-9(2)14-17(15,16)13-8-10-11(3,4)6-5-7-12-10/h9-10,12-14H,5-8H2,1-4H3. The lowest BCUT2D eigenvalue weighted by atomic mass is 9.78. The van der Waals surface area contributed by atoms with Gasteiger partial charge in [0.25, 0.3) is 10.2 Å². The Labute approximate surface area is 105 Å². The van der Waals surface area contributed by atoms with Crippen molar-refractivity contribution >= 4 is 10.2 Å². The van der Waals surface area contributed by atoms with E-state index in [4.69, 9.17) is 0 Å². The van der Waals surface area contributed by atoms with Crippen LogP contribution in [-0.2, 0) is 10.2 Å². The van der Waals surface area contributed by atoms with Crippen LogP contribution in [0.2, 0.25) is 0 Å². The minimum Gasteiger partial charge on any atom is -0.312 e. The van der Waals surface area contributed by atoms with Crippen molar-refractivity contribution in [2.24, 2.45) is 5.41 Å². The zero-order valence-corrected chi connectivity index (χ0v) is 12.0. The van der Waals surface area contributed by atoms with Crippen molar-refractivity contribution in [1.82, 2.24) is 14.8 Å². The van der Waals surface area contributed by atoms with Crippen molar-refractivity contribution in [2.75, 3.05) is 13.1 Å². The van der Waals surface area contributed by atoms with Gasteiger partial charge < -0.3 is 5.32 Å². The molecule has 1 atom stereocenters. The molecule has 1 saturated heterocycles. The molecule has 1 heterocycles. The molecule has 5 nitrogen and oxygen atoms in total. The molecule has 3 N–H and O–H groups in total. The van der Waals surface area contributed by atoms with E-state index >= 15 is 0 Å². The van der Waals surface area contributed by atoms with Crippen molar-refractivity contribution in [3.05, 3.63) is 0 Å². The van der Waals surface area contributed by atoms with E-state index in [-0.39, 0.29) is 17.5 Å². The molecule has 0 amide bonds.